The third-order valence-corrected chi connectivity index (χ3v) is 3.16. The van der Waals surface area contributed by atoms with E-state index in [1.807, 2.05) is 13.1 Å². The summed E-state index contributed by atoms with van der Waals surface area (Å²) in [6.07, 6.45) is 1.71. The minimum absolute atomic E-state index is 0.797. The van der Waals surface area contributed by atoms with Gasteiger partial charge < -0.3 is 10.3 Å². The zero-order chi connectivity index (χ0) is 12.5. The minimum Gasteiger partial charge on any atom is -0.345 e. The summed E-state index contributed by atoms with van der Waals surface area (Å²) in [5, 5.41) is 10.6. The van der Waals surface area contributed by atoms with Crippen LogP contribution in [0, 0.1) is 6.92 Å². The Bertz CT molecular complexity index is 680. The molecular formula is C13H15N5. The van der Waals surface area contributed by atoms with Crippen molar-refractivity contribution in [2.24, 2.45) is 0 Å². The molecule has 0 saturated heterocycles. The van der Waals surface area contributed by atoms with Crippen molar-refractivity contribution in [3.05, 3.63) is 35.8 Å². The van der Waals surface area contributed by atoms with Crippen molar-refractivity contribution in [2.75, 3.05) is 7.05 Å². The van der Waals surface area contributed by atoms with Crippen LogP contribution in [0.5, 0.6) is 0 Å². The molecule has 18 heavy (non-hydrogen) atoms. The van der Waals surface area contributed by atoms with Gasteiger partial charge in [-0.25, -0.2) is 4.98 Å². The van der Waals surface area contributed by atoms with E-state index in [2.05, 4.69) is 44.5 Å². The van der Waals surface area contributed by atoms with Crippen molar-refractivity contribution < 1.29 is 0 Å². The van der Waals surface area contributed by atoms with Gasteiger partial charge in [-0.05, 0) is 31.7 Å². The molecule has 0 aliphatic carbocycles. The Hall–Kier alpha value is -2.14. The second-order valence-corrected chi connectivity index (χ2v) is 4.34. The fraction of sp³-hybridized carbons (Fsp3) is 0.231. The molecular weight excluding hydrogens is 226 g/mol. The molecule has 5 nitrogen and oxygen atoms in total. The normalized spacial score (nSPS) is 11.2. The first kappa shape index (κ1) is 11.0. The Morgan fingerprint density at radius 1 is 1.33 bits per heavy atom. The minimum atomic E-state index is 0.797. The maximum absolute atomic E-state index is 4.40. The Labute approximate surface area is 105 Å². The molecule has 3 aromatic rings. The molecule has 0 fully saturated rings. The molecule has 92 valence electrons. The molecule has 5 heteroatoms. The summed E-state index contributed by atoms with van der Waals surface area (Å²) < 4.78 is 0. The highest BCUT2D eigenvalue weighted by molar-refractivity contribution is 5.81. The molecule has 3 rings (SSSR count). The summed E-state index contributed by atoms with van der Waals surface area (Å²) in [5.41, 5.74) is 6.41. The molecule has 1 aromatic carbocycles. The smallest absolute Gasteiger partial charge is 0.0953 e. The molecule has 0 saturated carbocycles. The lowest BCUT2D eigenvalue weighted by atomic mass is 10.1. The van der Waals surface area contributed by atoms with Gasteiger partial charge in [-0.15, -0.1) is 0 Å². The van der Waals surface area contributed by atoms with E-state index in [0.717, 1.165) is 34.5 Å². The molecule has 3 N–H and O–H groups in total. The van der Waals surface area contributed by atoms with Crippen LogP contribution in [0.1, 0.15) is 11.3 Å². The van der Waals surface area contributed by atoms with Crippen LogP contribution in [0.25, 0.3) is 22.3 Å². The van der Waals surface area contributed by atoms with E-state index >= 15 is 0 Å². The second kappa shape index (κ2) is 4.27. The summed E-state index contributed by atoms with van der Waals surface area (Å²) in [7, 11) is 1.93. The molecule has 0 spiro atoms. The highest BCUT2D eigenvalue weighted by Gasteiger charge is 2.11. The molecule has 2 aromatic heterocycles. The lowest BCUT2D eigenvalue weighted by Gasteiger charge is -2.00. The van der Waals surface area contributed by atoms with Gasteiger partial charge in [-0.3, -0.25) is 5.10 Å². The van der Waals surface area contributed by atoms with E-state index < -0.39 is 0 Å². The molecule has 2 heterocycles. The summed E-state index contributed by atoms with van der Waals surface area (Å²) in [6.45, 7) is 2.88. The van der Waals surface area contributed by atoms with Crippen molar-refractivity contribution in [2.45, 2.75) is 13.5 Å². The summed E-state index contributed by atoms with van der Waals surface area (Å²) in [4.78, 5) is 7.34. The number of nitrogens with zero attached hydrogens (tertiary/aromatic N) is 2. The van der Waals surface area contributed by atoms with Crippen molar-refractivity contribution >= 4 is 11.0 Å². The monoisotopic (exact) mass is 241 g/mol. The molecule has 0 aliphatic rings. The number of hydrogen-bond acceptors (Lipinski definition) is 3. The van der Waals surface area contributed by atoms with E-state index in [4.69, 9.17) is 0 Å². The first-order chi connectivity index (χ1) is 8.79. The van der Waals surface area contributed by atoms with E-state index in [-0.39, 0.29) is 0 Å². The van der Waals surface area contributed by atoms with Crippen LogP contribution in [0.4, 0.5) is 0 Å². The number of aromatic nitrogens is 4. The van der Waals surface area contributed by atoms with Crippen LogP contribution in [-0.2, 0) is 6.54 Å². The number of benzene rings is 1. The van der Waals surface area contributed by atoms with Gasteiger partial charge >= 0.3 is 0 Å². The summed E-state index contributed by atoms with van der Waals surface area (Å²) in [5.74, 6) is 0. The van der Waals surface area contributed by atoms with Crippen LogP contribution in [-0.4, -0.2) is 27.2 Å². The molecule has 0 bridgehead atoms. The van der Waals surface area contributed by atoms with Crippen LogP contribution in [0.3, 0.4) is 0 Å². The number of imidazole rings is 1. The highest BCUT2D eigenvalue weighted by atomic mass is 15.1. The van der Waals surface area contributed by atoms with Crippen molar-refractivity contribution in [1.29, 1.82) is 0 Å². The zero-order valence-corrected chi connectivity index (χ0v) is 10.4. The van der Waals surface area contributed by atoms with Crippen molar-refractivity contribution in [1.82, 2.24) is 25.5 Å². The van der Waals surface area contributed by atoms with E-state index in [1.165, 1.54) is 5.56 Å². The van der Waals surface area contributed by atoms with Gasteiger partial charge in [0.05, 0.1) is 28.7 Å². The van der Waals surface area contributed by atoms with Crippen molar-refractivity contribution in [3.8, 4) is 11.3 Å². The fourth-order valence-corrected chi connectivity index (χ4v) is 2.15. The number of fused-ring (bicyclic) bond motifs is 1. The van der Waals surface area contributed by atoms with Gasteiger partial charge in [0.2, 0.25) is 0 Å². The van der Waals surface area contributed by atoms with Crippen molar-refractivity contribution in [3.63, 3.8) is 0 Å². The Morgan fingerprint density at radius 2 is 2.22 bits per heavy atom. The first-order valence-electron chi connectivity index (χ1n) is 5.91. The Balaban J connectivity index is 2.07. The number of aromatic amines is 2. The maximum atomic E-state index is 4.40. The fourth-order valence-electron chi connectivity index (χ4n) is 2.15. The average molecular weight is 241 g/mol. The summed E-state index contributed by atoms with van der Waals surface area (Å²) in [6, 6.07) is 6.14. The first-order valence-corrected chi connectivity index (χ1v) is 5.91. The second-order valence-electron chi connectivity index (χ2n) is 4.34. The Kier molecular flexibility index (Phi) is 2.60. The lowest BCUT2D eigenvalue weighted by Crippen LogP contribution is -2.06. The maximum Gasteiger partial charge on any atom is 0.0953 e. The quantitative estimate of drug-likeness (QED) is 0.656. The van der Waals surface area contributed by atoms with Crippen LogP contribution >= 0.6 is 0 Å². The van der Waals surface area contributed by atoms with Gasteiger partial charge in [0.15, 0.2) is 0 Å². The van der Waals surface area contributed by atoms with Gasteiger partial charge in [-0.1, -0.05) is 6.07 Å². The van der Waals surface area contributed by atoms with Gasteiger partial charge in [-0.2, -0.15) is 5.10 Å². The standard InChI is InChI=1S/C13H15N5/c1-8-12(6-14-2)17-18-13(8)9-3-4-10-11(5-9)16-7-15-10/h3-5,7,14H,6H2,1-2H3,(H,15,16)(H,17,18). The molecule has 0 unspecified atom stereocenters. The van der Waals surface area contributed by atoms with E-state index in [1.54, 1.807) is 6.33 Å². The van der Waals surface area contributed by atoms with Gasteiger partial charge in [0.25, 0.3) is 0 Å². The SMILES string of the molecule is CNCc1[nH]nc(-c2ccc3nc[nH]c3c2)c1C. The number of hydrogen-bond donors (Lipinski definition) is 3. The van der Waals surface area contributed by atoms with E-state index in [9.17, 15) is 0 Å². The van der Waals surface area contributed by atoms with E-state index in [0.29, 0.717) is 0 Å². The zero-order valence-electron chi connectivity index (χ0n) is 10.4. The third kappa shape index (κ3) is 1.69. The predicted octanol–water partition coefficient (Wildman–Crippen LogP) is 1.98. The topological polar surface area (TPSA) is 69.4 Å². The highest BCUT2D eigenvalue weighted by Crippen LogP contribution is 2.25. The predicted molar refractivity (Wildman–Crippen MR) is 71.2 cm³/mol. The number of rotatable bonds is 3. The lowest BCUT2D eigenvalue weighted by molar-refractivity contribution is 0.779. The van der Waals surface area contributed by atoms with Gasteiger partial charge in [0.1, 0.15) is 0 Å². The molecule has 0 radical (unpaired) electrons. The van der Waals surface area contributed by atoms with Gasteiger partial charge in [0, 0.05) is 12.1 Å². The third-order valence-electron chi connectivity index (χ3n) is 3.16. The van der Waals surface area contributed by atoms with Crippen LogP contribution < -0.4 is 5.32 Å². The number of H-pyrrole nitrogens is 2. The molecule has 0 amide bonds. The Morgan fingerprint density at radius 3 is 3.06 bits per heavy atom. The number of nitrogens with one attached hydrogen (secondary N) is 3. The summed E-state index contributed by atoms with van der Waals surface area (Å²) >= 11 is 0. The molecule has 0 atom stereocenters. The van der Waals surface area contributed by atoms with Crippen LogP contribution in [0.2, 0.25) is 0 Å². The van der Waals surface area contributed by atoms with Crippen LogP contribution in [0.15, 0.2) is 24.5 Å². The molecule has 0 aliphatic heterocycles. The largest absolute Gasteiger partial charge is 0.345 e. The average Bonchev–Trinajstić information content (AvgIpc) is 2.97.